The molecule has 0 radical (unpaired) electrons. The standard InChI is InChI=1S/C20H18N2/c1-15-13-19(21-17-9-5-3-6-10-17)20(14-16(15)2)22-18-11-7-4-8-12-18/h3-14H,1-2H3. The minimum absolute atomic E-state index is 0.901. The van der Waals surface area contributed by atoms with Crippen molar-refractivity contribution in [3.8, 4) is 0 Å². The van der Waals surface area contributed by atoms with Gasteiger partial charge in [0.1, 0.15) is 0 Å². The lowest BCUT2D eigenvalue weighted by Crippen LogP contribution is -2.14. The lowest BCUT2D eigenvalue weighted by Gasteiger charge is -2.13. The Hall–Kier alpha value is -2.74. The predicted octanol–water partition coefficient (Wildman–Crippen LogP) is 5.44. The van der Waals surface area contributed by atoms with E-state index < -0.39 is 0 Å². The number of allylic oxidation sites excluding steroid dienone is 4. The molecule has 2 aromatic carbocycles. The lowest BCUT2D eigenvalue weighted by molar-refractivity contribution is 1.34. The molecule has 0 aromatic heterocycles. The van der Waals surface area contributed by atoms with Crippen LogP contribution < -0.4 is 0 Å². The summed E-state index contributed by atoms with van der Waals surface area (Å²) in [6.45, 7) is 4.21. The van der Waals surface area contributed by atoms with Crippen LogP contribution in [0, 0.1) is 0 Å². The first kappa shape index (κ1) is 14.2. The van der Waals surface area contributed by atoms with Gasteiger partial charge in [-0.25, -0.2) is 9.98 Å². The lowest BCUT2D eigenvalue weighted by atomic mass is 9.97. The smallest absolute Gasteiger partial charge is 0.0896 e. The van der Waals surface area contributed by atoms with Gasteiger partial charge < -0.3 is 0 Å². The first-order chi connectivity index (χ1) is 10.7. The Balaban J connectivity index is 2.06. The van der Waals surface area contributed by atoms with E-state index in [9.17, 15) is 0 Å². The Morgan fingerprint density at radius 2 is 0.909 bits per heavy atom. The third kappa shape index (κ3) is 3.29. The molecule has 1 aliphatic rings. The van der Waals surface area contributed by atoms with Gasteiger partial charge in [0.05, 0.1) is 22.8 Å². The second-order valence-electron chi connectivity index (χ2n) is 5.32. The van der Waals surface area contributed by atoms with Gasteiger partial charge in [-0.3, -0.25) is 0 Å². The number of nitrogens with zero attached hydrogens (tertiary/aromatic N) is 2. The summed E-state index contributed by atoms with van der Waals surface area (Å²) in [5, 5.41) is 0. The minimum Gasteiger partial charge on any atom is -0.247 e. The molecule has 0 saturated heterocycles. The van der Waals surface area contributed by atoms with Crippen LogP contribution in [0.3, 0.4) is 0 Å². The van der Waals surface area contributed by atoms with E-state index >= 15 is 0 Å². The van der Waals surface area contributed by atoms with Crippen LogP contribution in [0.1, 0.15) is 13.8 Å². The maximum Gasteiger partial charge on any atom is 0.0896 e. The molecule has 0 bridgehead atoms. The number of hydrogen-bond donors (Lipinski definition) is 0. The fourth-order valence-corrected chi connectivity index (χ4v) is 2.25. The second-order valence-corrected chi connectivity index (χ2v) is 5.32. The summed E-state index contributed by atoms with van der Waals surface area (Å²) in [6, 6.07) is 20.0. The molecule has 0 fully saturated rings. The van der Waals surface area contributed by atoms with Gasteiger partial charge in [-0.2, -0.15) is 0 Å². The molecular weight excluding hydrogens is 268 g/mol. The van der Waals surface area contributed by atoms with Crippen LogP contribution >= 0.6 is 0 Å². The van der Waals surface area contributed by atoms with Crippen molar-refractivity contribution in [3.05, 3.63) is 84.0 Å². The molecule has 0 heterocycles. The SMILES string of the molecule is CC1=CC(=Nc2ccccc2)C(=Nc2ccccc2)C=C1C. The highest BCUT2D eigenvalue weighted by molar-refractivity contribution is 6.52. The molecule has 0 amide bonds. The molecule has 0 N–H and O–H groups in total. The number of benzene rings is 2. The molecule has 2 heteroatoms. The van der Waals surface area contributed by atoms with Gasteiger partial charge >= 0.3 is 0 Å². The highest BCUT2D eigenvalue weighted by Gasteiger charge is 2.12. The molecule has 0 saturated carbocycles. The average molecular weight is 286 g/mol. The van der Waals surface area contributed by atoms with E-state index in [1.165, 1.54) is 11.1 Å². The summed E-state index contributed by atoms with van der Waals surface area (Å²) < 4.78 is 0. The summed E-state index contributed by atoms with van der Waals surface area (Å²) in [7, 11) is 0. The summed E-state index contributed by atoms with van der Waals surface area (Å²) in [4.78, 5) is 9.49. The molecule has 2 aromatic rings. The molecule has 0 spiro atoms. The fraction of sp³-hybridized carbons (Fsp3) is 0.100. The first-order valence-corrected chi connectivity index (χ1v) is 7.37. The van der Waals surface area contributed by atoms with Crippen LogP contribution in [-0.4, -0.2) is 11.4 Å². The van der Waals surface area contributed by atoms with Crippen molar-refractivity contribution in [2.24, 2.45) is 9.98 Å². The maximum absolute atomic E-state index is 4.75. The van der Waals surface area contributed by atoms with Crippen LogP contribution in [0.2, 0.25) is 0 Å². The van der Waals surface area contributed by atoms with Crippen LogP contribution in [0.25, 0.3) is 0 Å². The van der Waals surface area contributed by atoms with Crippen LogP contribution in [-0.2, 0) is 0 Å². The van der Waals surface area contributed by atoms with Gasteiger partial charge in [0.15, 0.2) is 0 Å². The molecular formula is C20H18N2. The van der Waals surface area contributed by atoms with E-state index in [1.54, 1.807) is 0 Å². The van der Waals surface area contributed by atoms with Gasteiger partial charge in [0.2, 0.25) is 0 Å². The van der Waals surface area contributed by atoms with Crippen molar-refractivity contribution >= 4 is 22.8 Å². The van der Waals surface area contributed by atoms with Crippen LogP contribution in [0.4, 0.5) is 11.4 Å². The number of aliphatic imine (C=N–C) groups is 2. The zero-order valence-electron chi connectivity index (χ0n) is 12.8. The Morgan fingerprint density at radius 1 is 0.545 bits per heavy atom. The first-order valence-electron chi connectivity index (χ1n) is 7.37. The van der Waals surface area contributed by atoms with E-state index in [2.05, 4.69) is 26.0 Å². The highest BCUT2D eigenvalue weighted by Crippen LogP contribution is 2.21. The van der Waals surface area contributed by atoms with Gasteiger partial charge in [-0.1, -0.05) is 36.4 Å². The van der Waals surface area contributed by atoms with E-state index in [-0.39, 0.29) is 0 Å². The number of hydrogen-bond acceptors (Lipinski definition) is 2. The Labute approximate surface area is 131 Å². The topological polar surface area (TPSA) is 24.7 Å². The minimum atomic E-state index is 0.901. The van der Waals surface area contributed by atoms with Crippen molar-refractivity contribution in [1.29, 1.82) is 0 Å². The van der Waals surface area contributed by atoms with Gasteiger partial charge in [-0.15, -0.1) is 0 Å². The van der Waals surface area contributed by atoms with E-state index in [1.807, 2.05) is 60.7 Å². The molecule has 0 aliphatic heterocycles. The van der Waals surface area contributed by atoms with E-state index in [4.69, 9.17) is 9.98 Å². The molecule has 0 atom stereocenters. The fourth-order valence-electron chi connectivity index (χ4n) is 2.25. The van der Waals surface area contributed by atoms with Crippen molar-refractivity contribution in [1.82, 2.24) is 0 Å². The second kappa shape index (κ2) is 6.35. The molecule has 108 valence electrons. The number of para-hydroxylation sites is 2. The summed E-state index contributed by atoms with van der Waals surface area (Å²) >= 11 is 0. The molecule has 22 heavy (non-hydrogen) atoms. The monoisotopic (exact) mass is 286 g/mol. The molecule has 0 unspecified atom stereocenters. The molecule has 2 nitrogen and oxygen atoms in total. The maximum atomic E-state index is 4.75. The van der Waals surface area contributed by atoms with Crippen LogP contribution in [0.5, 0.6) is 0 Å². The normalized spacial score (nSPS) is 18.3. The van der Waals surface area contributed by atoms with E-state index in [0.717, 1.165) is 22.8 Å². The van der Waals surface area contributed by atoms with Crippen molar-refractivity contribution in [2.75, 3.05) is 0 Å². The van der Waals surface area contributed by atoms with Crippen molar-refractivity contribution in [2.45, 2.75) is 13.8 Å². The Kier molecular flexibility index (Phi) is 4.10. The van der Waals surface area contributed by atoms with Gasteiger partial charge in [0.25, 0.3) is 0 Å². The van der Waals surface area contributed by atoms with Crippen molar-refractivity contribution < 1.29 is 0 Å². The van der Waals surface area contributed by atoms with Gasteiger partial charge in [0, 0.05) is 0 Å². The Bertz CT molecular complexity index is 709. The average Bonchev–Trinajstić information content (AvgIpc) is 2.54. The highest BCUT2D eigenvalue weighted by atomic mass is 14.8. The zero-order chi connectivity index (χ0) is 15.4. The van der Waals surface area contributed by atoms with Crippen molar-refractivity contribution in [3.63, 3.8) is 0 Å². The predicted molar refractivity (Wildman–Crippen MR) is 94.6 cm³/mol. The van der Waals surface area contributed by atoms with E-state index in [0.29, 0.717) is 0 Å². The molecule has 1 aliphatic carbocycles. The van der Waals surface area contributed by atoms with Crippen LogP contribution in [0.15, 0.2) is 93.9 Å². The summed E-state index contributed by atoms with van der Waals surface area (Å²) in [5.41, 5.74) is 6.13. The third-order valence-corrected chi connectivity index (χ3v) is 3.60. The molecule has 3 rings (SSSR count). The quantitative estimate of drug-likeness (QED) is 0.657. The third-order valence-electron chi connectivity index (χ3n) is 3.60. The summed E-state index contributed by atoms with van der Waals surface area (Å²) in [6.07, 6.45) is 4.20. The van der Waals surface area contributed by atoms with Gasteiger partial charge in [-0.05, 0) is 61.4 Å². The largest absolute Gasteiger partial charge is 0.247 e. The zero-order valence-corrected chi connectivity index (χ0v) is 12.8. The Morgan fingerprint density at radius 3 is 1.27 bits per heavy atom. The summed E-state index contributed by atoms with van der Waals surface area (Å²) in [5.74, 6) is 0. The number of rotatable bonds is 2.